The smallest absolute Gasteiger partial charge is 0.306 e. The maximum absolute atomic E-state index is 12.6. The van der Waals surface area contributed by atoms with Gasteiger partial charge in [0.2, 0.25) is 0 Å². The first kappa shape index (κ1) is 39.4. The molecule has 1 unspecified atom stereocenters. The van der Waals surface area contributed by atoms with Gasteiger partial charge in [0.15, 0.2) is 0 Å². The van der Waals surface area contributed by atoms with E-state index in [9.17, 15) is 9.59 Å². The van der Waals surface area contributed by atoms with Gasteiger partial charge in [-0.05, 0) is 70.3 Å². The first-order valence-corrected chi connectivity index (χ1v) is 17.8. The Hall–Kier alpha value is -1.58. The van der Waals surface area contributed by atoms with Gasteiger partial charge in [0.1, 0.15) is 6.10 Å². The maximum atomic E-state index is 12.6. The average Bonchev–Trinajstić information content (AvgIpc) is 2.95. The molecule has 1 atom stereocenters. The molecule has 0 aliphatic rings. The summed E-state index contributed by atoms with van der Waals surface area (Å²) in [6.07, 6.45) is 40.5. The number of carboxylic acid groups (broad SMARTS) is 1. The lowest BCUT2D eigenvalue weighted by molar-refractivity contribution is -0.147. The molecule has 0 saturated heterocycles. The largest absolute Gasteiger partial charge is 0.481 e. The van der Waals surface area contributed by atoms with Gasteiger partial charge in [0.25, 0.3) is 0 Å². The first-order valence-electron chi connectivity index (χ1n) is 17.8. The minimum Gasteiger partial charge on any atom is -0.481 e. The highest BCUT2D eigenvalue weighted by Gasteiger charge is 2.11. The lowest BCUT2D eigenvalue weighted by Gasteiger charge is -2.15. The summed E-state index contributed by atoms with van der Waals surface area (Å²) < 4.78 is 5.90. The predicted octanol–water partition coefficient (Wildman–Crippen LogP) is 12.1. The van der Waals surface area contributed by atoms with Crippen molar-refractivity contribution in [2.45, 2.75) is 200 Å². The summed E-state index contributed by atoms with van der Waals surface area (Å²) >= 11 is 0. The number of carboxylic acids is 1. The molecule has 4 nitrogen and oxygen atoms in total. The molecular formula is C37H68O4. The summed E-state index contributed by atoms with van der Waals surface area (Å²) in [5.74, 6) is -0.746. The molecule has 0 aliphatic heterocycles. The molecule has 4 heteroatoms. The van der Waals surface area contributed by atoms with Crippen molar-refractivity contribution in [2.75, 3.05) is 0 Å². The highest BCUT2D eigenvalue weighted by atomic mass is 16.5. The second-order valence-corrected chi connectivity index (χ2v) is 12.0. The van der Waals surface area contributed by atoms with E-state index in [0.29, 0.717) is 6.42 Å². The van der Waals surface area contributed by atoms with Crippen LogP contribution in [0.4, 0.5) is 0 Å². The minimum atomic E-state index is -0.700. The van der Waals surface area contributed by atoms with Gasteiger partial charge in [0, 0.05) is 12.8 Å². The van der Waals surface area contributed by atoms with Gasteiger partial charge in [-0.3, -0.25) is 9.59 Å². The van der Waals surface area contributed by atoms with Gasteiger partial charge in [-0.25, -0.2) is 0 Å². The third kappa shape index (κ3) is 32.8. The van der Waals surface area contributed by atoms with Gasteiger partial charge in [-0.15, -0.1) is 0 Å². The number of ether oxygens (including phenoxy) is 1. The molecule has 0 fully saturated rings. The van der Waals surface area contributed by atoms with E-state index >= 15 is 0 Å². The fourth-order valence-electron chi connectivity index (χ4n) is 5.20. The van der Waals surface area contributed by atoms with Crippen LogP contribution < -0.4 is 0 Å². The molecule has 0 aliphatic carbocycles. The highest BCUT2D eigenvalue weighted by Crippen LogP contribution is 2.16. The zero-order valence-corrected chi connectivity index (χ0v) is 27.4. The van der Waals surface area contributed by atoms with Crippen LogP contribution in [0.5, 0.6) is 0 Å². The molecule has 0 heterocycles. The molecule has 1 N–H and O–H groups in total. The van der Waals surface area contributed by atoms with Crippen LogP contribution in [0.25, 0.3) is 0 Å². The van der Waals surface area contributed by atoms with Gasteiger partial charge < -0.3 is 9.84 Å². The Bertz CT molecular complexity index is 624. The third-order valence-electron chi connectivity index (χ3n) is 7.88. The molecule has 0 saturated carbocycles. The number of carbonyl (C=O) groups excluding carboxylic acids is 1. The maximum Gasteiger partial charge on any atom is 0.306 e. The van der Waals surface area contributed by atoms with Crippen molar-refractivity contribution in [3.8, 4) is 0 Å². The number of allylic oxidation sites excluding steroid dienone is 3. The molecular weight excluding hydrogens is 508 g/mol. The van der Waals surface area contributed by atoms with E-state index in [4.69, 9.17) is 9.84 Å². The van der Waals surface area contributed by atoms with Crippen LogP contribution >= 0.6 is 0 Å². The number of unbranched alkanes of at least 4 members (excludes halogenated alkanes) is 21. The van der Waals surface area contributed by atoms with Crippen molar-refractivity contribution < 1.29 is 19.4 Å². The monoisotopic (exact) mass is 577 g/mol. The zero-order valence-electron chi connectivity index (χ0n) is 27.4. The van der Waals surface area contributed by atoms with Crippen molar-refractivity contribution in [2.24, 2.45) is 0 Å². The van der Waals surface area contributed by atoms with Crippen molar-refractivity contribution in [3.05, 3.63) is 24.3 Å². The summed E-state index contributed by atoms with van der Waals surface area (Å²) in [6.45, 7) is 4.51. The van der Waals surface area contributed by atoms with Crippen LogP contribution in [0, 0.1) is 0 Å². The van der Waals surface area contributed by atoms with E-state index in [2.05, 4.69) is 38.2 Å². The van der Waals surface area contributed by atoms with Crippen molar-refractivity contribution in [1.29, 1.82) is 0 Å². The first-order chi connectivity index (χ1) is 20.1. The Labute approximate surface area is 255 Å². The minimum absolute atomic E-state index is 0.0461. The molecule has 0 spiro atoms. The molecule has 0 aromatic carbocycles. The molecule has 0 radical (unpaired) electrons. The lowest BCUT2D eigenvalue weighted by atomic mass is 10.0. The van der Waals surface area contributed by atoms with Crippen LogP contribution in [-0.4, -0.2) is 23.1 Å². The second kappa shape index (κ2) is 32.9. The fourth-order valence-corrected chi connectivity index (χ4v) is 5.20. The lowest BCUT2D eigenvalue weighted by Crippen LogP contribution is -2.16. The normalized spacial score (nSPS) is 12.4. The molecule has 0 aromatic heterocycles. The van der Waals surface area contributed by atoms with Gasteiger partial charge >= 0.3 is 11.9 Å². The standard InChI is InChI=1S/C37H68O4/c1-3-5-7-9-11-13-14-15-16-18-20-26-30-34-37(40)41-35(31-27-23-19-17-12-10-8-6-4-2)32-28-24-21-22-25-29-33-36(38)39/h13-14,27,31,35H,3-12,15-26,28-30,32-34H2,1-2H3,(H,38,39)/b14-13-,31-27-. The Morgan fingerprint density at radius 1 is 0.537 bits per heavy atom. The van der Waals surface area contributed by atoms with Gasteiger partial charge in [0.05, 0.1) is 0 Å². The molecule has 0 aromatic rings. The van der Waals surface area contributed by atoms with E-state index in [1.807, 2.05) is 0 Å². The molecule has 0 amide bonds. The summed E-state index contributed by atoms with van der Waals surface area (Å²) in [5.41, 5.74) is 0. The number of esters is 1. The van der Waals surface area contributed by atoms with Gasteiger partial charge in [-0.1, -0.05) is 135 Å². The quantitative estimate of drug-likeness (QED) is 0.0491. The number of aliphatic carboxylic acids is 1. The Morgan fingerprint density at radius 2 is 0.951 bits per heavy atom. The van der Waals surface area contributed by atoms with Crippen LogP contribution in [0.3, 0.4) is 0 Å². The van der Waals surface area contributed by atoms with Crippen LogP contribution in [0.2, 0.25) is 0 Å². The number of hydrogen-bond donors (Lipinski definition) is 1. The molecule has 0 bridgehead atoms. The Kier molecular flexibility index (Phi) is 31.7. The summed E-state index contributed by atoms with van der Waals surface area (Å²) in [7, 11) is 0. The molecule has 240 valence electrons. The van der Waals surface area contributed by atoms with Crippen molar-refractivity contribution in [1.82, 2.24) is 0 Å². The molecule has 0 rings (SSSR count). The van der Waals surface area contributed by atoms with Crippen LogP contribution in [-0.2, 0) is 14.3 Å². The second-order valence-electron chi connectivity index (χ2n) is 12.0. The van der Waals surface area contributed by atoms with Gasteiger partial charge in [-0.2, -0.15) is 0 Å². The molecule has 41 heavy (non-hydrogen) atoms. The third-order valence-corrected chi connectivity index (χ3v) is 7.88. The van der Waals surface area contributed by atoms with E-state index in [1.54, 1.807) is 0 Å². The Balaban J connectivity index is 4.13. The number of hydrogen-bond acceptors (Lipinski definition) is 3. The summed E-state index contributed by atoms with van der Waals surface area (Å²) in [4.78, 5) is 23.2. The van der Waals surface area contributed by atoms with E-state index in [0.717, 1.165) is 64.2 Å². The van der Waals surface area contributed by atoms with E-state index in [-0.39, 0.29) is 18.5 Å². The number of carbonyl (C=O) groups is 2. The summed E-state index contributed by atoms with van der Waals surface area (Å²) in [5, 5.41) is 8.75. The van der Waals surface area contributed by atoms with Crippen molar-refractivity contribution >= 4 is 11.9 Å². The Morgan fingerprint density at radius 3 is 1.49 bits per heavy atom. The summed E-state index contributed by atoms with van der Waals surface area (Å²) in [6, 6.07) is 0. The predicted molar refractivity (Wildman–Crippen MR) is 176 cm³/mol. The van der Waals surface area contributed by atoms with E-state index in [1.165, 1.54) is 103 Å². The highest BCUT2D eigenvalue weighted by molar-refractivity contribution is 5.69. The fraction of sp³-hybridized carbons (Fsp3) is 0.838. The number of rotatable bonds is 32. The topological polar surface area (TPSA) is 63.6 Å². The average molecular weight is 577 g/mol. The van der Waals surface area contributed by atoms with E-state index < -0.39 is 5.97 Å². The SMILES string of the molecule is CCCCCC/C=C\CCCCCCCC(=O)OC(/C=C\CCCCCCCCC)CCCCCCCCC(=O)O. The van der Waals surface area contributed by atoms with Crippen LogP contribution in [0.1, 0.15) is 194 Å². The van der Waals surface area contributed by atoms with Crippen molar-refractivity contribution in [3.63, 3.8) is 0 Å². The van der Waals surface area contributed by atoms with Crippen LogP contribution in [0.15, 0.2) is 24.3 Å². The zero-order chi connectivity index (χ0) is 30.1.